The number of hydrogen-bond acceptors (Lipinski definition) is 6. The molecule has 4 rings (SSSR count). The van der Waals surface area contributed by atoms with E-state index in [9.17, 15) is 24.6 Å². The molecule has 0 bridgehead atoms. The van der Waals surface area contributed by atoms with Gasteiger partial charge in [-0.05, 0) is 85.8 Å². The number of carboxylic acid groups (broad SMARTS) is 1. The molecule has 0 saturated heterocycles. The zero-order chi connectivity index (χ0) is 28.3. The fraction of sp³-hybridized carbons (Fsp3) is 0.138. The van der Waals surface area contributed by atoms with E-state index in [0.29, 0.717) is 23.4 Å². The van der Waals surface area contributed by atoms with Crippen molar-refractivity contribution in [1.29, 1.82) is 0 Å². The number of aromatic hydroxyl groups is 1. The number of carboxylic acids is 1. The van der Waals surface area contributed by atoms with E-state index >= 15 is 0 Å². The molecule has 0 spiro atoms. The zero-order valence-electron chi connectivity index (χ0n) is 21.8. The van der Waals surface area contributed by atoms with Crippen LogP contribution in [0.15, 0.2) is 63.6 Å². The predicted octanol–water partition coefficient (Wildman–Crippen LogP) is 5.96. The van der Waals surface area contributed by atoms with Gasteiger partial charge in [-0.3, -0.25) is 14.7 Å². The van der Waals surface area contributed by atoms with Gasteiger partial charge in [-0.2, -0.15) is 0 Å². The number of aromatic carboxylic acids is 1. The van der Waals surface area contributed by atoms with E-state index in [-0.39, 0.29) is 16.9 Å². The maximum absolute atomic E-state index is 13.1. The van der Waals surface area contributed by atoms with Crippen molar-refractivity contribution in [3.05, 3.63) is 98.0 Å². The molecule has 1 aromatic heterocycles. The van der Waals surface area contributed by atoms with Crippen molar-refractivity contribution in [2.45, 2.75) is 27.7 Å². The van der Waals surface area contributed by atoms with Gasteiger partial charge >= 0.3 is 5.97 Å². The fourth-order valence-electron chi connectivity index (χ4n) is 4.11. The minimum Gasteiger partial charge on any atom is -0.507 e. The Kier molecular flexibility index (Phi) is 7.57. The number of phenols is 1. The highest BCUT2D eigenvalue weighted by molar-refractivity contribution is 5.97. The first-order chi connectivity index (χ1) is 18.6. The van der Waals surface area contributed by atoms with E-state index in [2.05, 4.69) is 20.6 Å². The van der Waals surface area contributed by atoms with Crippen LogP contribution in [0, 0.1) is 27.7 Å². The molecule has 0 atom stereocenters. The number of amides is 1. The summed E-state index contributed by atoms with van der Waals surface area (Å²) in [5.41, 5.74) is 5.21. The highest BCUT2D eigenvalue weighted by atomic mass is 16.4. The summed E-state index contributed by atoms with van der Waals surface area (Å²) in [5.74, 6) is -1.74. The molecular weight excluding hydrogens is 498 g/mol. The molecule has 4 N–H and O–H groups in total. The molecule has 1 heterocycles. The van der Waals surface area contributed by atoms with Crippen molar-refractivity contribution in [2.75, 3.05) is 5.32 Å². The Morgan fingerprint density at radius 2 is 1.59 bits per heavy atom. The molecule has 0 aliphatic heterocycles. The first-order valence-electron chi connectivity index (χ1n) is 12.0. The number of benzene rings is 3. The van der Waals surface area contributed by atoms with Gasteiger partial charge in [-0.1, -0.05) is 30.4 Å². The van der Waals surface area contributed by atoms with Crippen molar-refractivity contribution in [2.24, 2.45) is 10.2 Å². The number of nitrogens with zero attached hydrogens (tertiary/aromatic N) is 3. The summed E-state index contributed by atoms with van der Waals surface area (Å²) in [6.07, 6.45) is 4.61. The monoisotopic (exact) mass is 525 g/mol. The van der Waals surface area contributed by atoms with Gasteiger partial charge in [0, 0.05) is 5.69 Å². The van der Waals surface area contributed by atoms with Crippen LogP contribution >= 0.6 is 0 Å². The third kappa shape index (κ3) is 5.54. The Morgan fingerprint density at radius 1 is 0.923 bits per heavy atom. The molecule has 10 heteroatoms. The molecule has 4 aromatic rings. The van der Waals surface area contributed by atoms with Crippen LogP contribution < -0.4 is 10.9 Å². The van der Waals surface area contributed by atoms with Gasteiger partial charge in [0.15, 0.2) is 5.69 Å². The summed E-state index contributed by atoms with van der Waals surface area (Å²) in [4.78, 5) is 35.4. The third-order valence-electron chi connectivity index (χ3n) is 6.32. The van der Waals surface area contributed by atoms with Crippen molar-refractivity contribution >= 4 is 41.6 Å². The second-order valence-electron chi connectivity index (χ2n) is 9.06. The fourth-order valence-corrected chi connectivity index (χ4v) is 4.11. The first kappa shape index (κ1) is 26.8. The van der Waals surface area contributed by atoms with Crippen LogP contribution in [0.25, 0.3) is 17.8 Å². The first-order valence-corrected chi connectivity index (χ1v) is 12.0. The van der Waals surface area contributed by atoms with Gasteiger partial charge in [0.2, 0.25) is 6.41 Å². The SMILES string of the molecule is Cc1cc(NC=O)ccc1C=Cc1ccc(-n2[nH]c(C)c(N=Nc3ccc(C)c(O)c3C(=O)O)c2=O)cc1C. The van der Waals surface area contributed by atoms with Crippen molar-refractivity contribution < 1.29 is 19.8 Å². The second-order valence-corrected chi connectivity index (χ2v) is 9.06. The lowest BCUT2D eigenvalue weighted by Gasteiger charge is -2.07. The average molecular weight is 526 g/mol. The Labute approximate surface area is 224 Å². The molecule has 0 unspecified atom stereocenters. The number of aromatic nitrogens is 2. The zero-order valence-corrected chi connectivity index (χ0v) is 21.8. The van der Waals surface area contributed by atoms with Gasteiger partial charge < -0.3 is 15.5 Å². The molecule has 0 aliphatic rings. The van der Waals surface area contributed by atoms with E-state index in [1.54, 1.807) is 19.9 Å². The van der Waals surface area contributed by atoms with E-state index in [1.165, 1.54) is 16.8 Å². The minimum atomic E-state index is -1.35. The Morgan fingerprint density at radius 3 is 2.21 bits per heavy atom. The lowest BCUT2D eigenvalue weighted by molar-refractivity contribution is -0.105. The summed E-state index contributed by atoms with van der Waals surface area (Å²) < 4.78 is 1.35. The van der Waals surface area contributed by atoms with E-state index < -0.39 is 17.3 Å². The number of azo groups is 1. The van der Waals surface area contributed by atoms with Crippen LogP contribution in [0.2, 0.25) is 0 Å². The van der Waals surface area contributed by atoms with Crippen molar-refractivity contribution in [1.82, 2.24) is 9.78 Å². The molecule has 10 nitrogen and oxygen atoms in total. The molecule has 0 radical (unpaired) electrons. The van der Waals surface area contributed by atoms with Gasteiger partial charge in [-0.15, -0.1) is 10.2 Å². The standard InChI is InChI=1S/C29H27N5O5/c1-16-5-12-24(25(27(16)36)29(38)39)31-32-26-19(4)33-34(28(26)37)23-11-9-21(18(3)14-23)7-6-20-8-10-22(30-15-35)13-17(20)2/h5-15,33,36H,1-4H3,(H,30,35)(H,38,39). The molecule has 1 amide bonds. The number of nitrogens with one attached hydrogen (secondary N) is 2. The minimum absolute atomic E-state index is 0.0241. The second kappa shape index (κ2) is 11.0. The predicted molar refractivity (Wildman–Crippen MR) is 150 cm³/mol. The topological polar surface area (TPSA) is 149 Å². The molecule has 39 heavy (non-hydrogen) atoms. The van der Waals surface area contributed by atoms with E-state index in [0.717, 1.165) is 27.9 Å². The van der Waals surface area contributed by atoms with Crippen LogP contribution in [-0.4, -0.2) is 32.4 Å². The van der Waals surface area contributed by atoms with Crippen molar-refractivity contribution in [3.8, 4) is 11.4 Å². The Bertz CT molecular complexity index is 1710. The number of hydrogen-bond donors (Lipinski definition) is 4. The number of anilines is 1. The number of aryl methyl sites for hydroxylation is 4. The van der Waals surface area contributed by atoms with E-state index in [1.807, 2.05) is 56.3 Å². The molecule has 3 aromatic carbocycles. The molecule has 198 valence electrons. The number of carbonyl (C=O) groups is 2. The molecule has 0 saturated carbocycles. The number of aromatic amines is 1. The maximum atomic E-state index is 13.1. The van der Waals surface area contributed by atoms with Crippen LogP contribution in [0.5, 0.6) is 5.75 Å². The Hall–Kier alpha value is -5.25. The number of H-pyrrole nitrogens is 1. The highest BCUT2D eigenvalue weighted by Crippen LogP contribution is 2.32. The normalized spacial score (nSPS) is 11.4. The summed E-state index contributed by atoms with van der Waals surface area (Å²) in [7, 11) is 0. The van der Waals surface area contributed by atoms with Crippen LogP contribution in [-0.2, 0) is 4.79 Å². The van der Waals surface area contributed by atoms with Crippen molar-refractivity contribution in [3.63, 3.8) is 0 Å². The Balaban J connectivity index is 1.62. The molecule has 0 aliphatic carbocycles. The molecule has 0 fully saturated rings. The van der Waals surface area contributed by atoms with Gasteiger partial charge in [-0.25, -0.2) is 9.48 Å². The largest absolute Gasteiger partial charge is 0.507 e. The quantitative estimate of drug-likeness (QED) is 0.127. The van der Waals surface area contributed by atoms with Gasteiger partial charge in [0.05, 0.1) is 11.4 Å². The smallest absolute Gasteiger partial charge is 0.341 e. The highest BCUT2D eigenvalue weighted by Gasteiger charge is 2.18. The summed E-state index contributed by atoms with van der Waals surface area (Å²) in [5, 5.41) is 33.2. The number of rotatable bonds is 8. The van der Waals surface area contributed by atoms with Gasteiger partial charge in [0.25, 0.3) is 5.56 Å². The summed E-state index contributed by atoms with van der Waals surface area (Å²) in [6, 6.07) is 14.2. The third-order valence-corrected chi connectivity index (χ3v) is 6.32. The van der Waals surface area contributed by atoms with E-state index in [4.69, 9.17) is 0 Å². The number of carbonyl (C=O) groups excluding carboxylic acids is 1. The van der Waals surface area contributed by atoms with Crippen LogP contribution in [0.3, 0.4) is 0 Å². The molecular formula is C29H27N5O5. The lowest BCUT2D eigenvalue weighted by atomic mass is 10.0. The lowest BCUT2D eigenvalue weighted by Crippen LogP contribution is -2.14. The van der Waals surface area contributed by atoms with Crippen LogP contribution in [0.4, 0.5) is 17.1 Å². The summed E-state index contributed by atoms with van der Waals surface area (Å²) >= 11 is 0. The summed E-state index contributed by atoms with van der Waals surface area (Å²) in [6.45, 7) is 7.14. The van der Waals surface area contributed by atoms with Crippen LogP contribution in [0.1, 0.15) is 43.9 Å². The maximum Gasteiger partial charge on any atom is 0.341 e. The van der Waals surface area contributed by atoms with Gasteiger partial charge in [0.1, 0.15) is 17.0 Å². The average Bonchev–Trinajstić information content (AvgIpc) is 3.17.